The van der Waals surface area contributed by atoms with Gasteiger partial charge in [-0.15, -0.1) is 0 Å². The van der Waals surface area contributed by atoms with E-state index in [4.69, 9.17) is 50.3 Å². The number of nitriles is 1. The Kier molecular flexibility index (Phi) is 40.3. The second-order valence-corrected chi connectivity index (χ2v) is 6.69. The molecule has 0 saturated carbocycles. The van der Waals surface area contributed by atoms with Gasteiger partial charge in [0.05, 0.1) is 19.3 Å². The summed E-state index contributed by atoms with van der Waals surface area (Å²) in [6.45, 7) is 9.88. The average Bonchev–Trinajstić information content (AvgIpc) is 2.57. The van der Waals surface area contributed by atoms with Crippen LogP contribution in [0.5, 0.6) is 0 Å². The summed E-state index contributed by atoms with van der Waals surface area (Å²) in [6.07, 6.45) is 5.54. The predicted octanol–water partition coefficient (Wildman–Crippen LogP) is 6.38. The molecule has 1 aromatic carbocycles. The molecule has 0 aliphatic rings. The molecule has 1 rings (SSSR count). The van der Waals surface area contributed by atoms with Crippen molar-refractivity contribution in [1.82, 2.24) is 0 Å². The molecule has 1 aromatic rings. The van der Waals surface area contributed by atoms with Gasteiger partial charge in [0.2, 0.25) is 0 Å². The summed E-state index contributed by atoms with van der Waals surface area (Å²) in [6, 6.07) is 10.1. The van der Waals surface area contributed by atoms with Crippen LogP contribution in [-0.2, 0) is 0 Å². The van der Waals surface area contributed by atoms with Gasteiger partial charge in [-0.2, -0.15) is 5.26 Å². The summed E-state index contributed by atoms with van der Waals surface area (Å²) < 4.78 is -0.750. The van der Waals surface area contributed by atoms with Crippen molar-refractivity contribution in [3.8, 4) is 6.07 Å². The summed E-state index contributed by atoms with van der Waals surface area (Å²) in [5.74, 6) is 0. The molecule has 0 unspecified atom stereocenters. The third-order valence-electron chi connectivity index (χ3n) is 2.48. The lowest BCUT2D eigenvalue weighted by Gasteiger charge is -1.93. The van der Waals surface area contributed by atoms with Gasteiger partial charge in [0, 0.05) is 6.92 Å². The maximum Gasteiger partial charge on any atom is 0.180 e. The van der Waals surface area contributed by atoms with E-state index in [0.717, 1.165) is 0 Å². The highest BCUT2D eigenvalue weighted by Gasteiger charge is 1.83. The molecule has 0 fully saturated rings. The van der Waals surface area contributed by atoms with Gasteiger partial charge in [-0.3, -0.25) is 0 Å². The molecule has 3 nitrogen and oxygen atoms in total. The topological polar surface area (TPSA) is 64.2 Å². The van der Waals surface area contributed by atoms with Crippen LogP contribution in [-0.4, -0.2) is 27.7 Å². The number of rotatable bonds is 4. The molecule has 0 spiro atoms. The number of hydrogen-bond donors (Lipinski definition) is 2. The van der Waals surface area contributed by atoms with E-state index in [1.54, 1.807) is 6.07 Å². The highest BCUT2D eigenvalue weighted by molar-refractivity contribution is 6.63. The largest absolute Gasteiger partial charge is 0.394 e. The van der Waals surface area contributed by atoms with Crippen LogP contribution in [0.1, 0.15) is 57.6 Å². The fraction of sp³-hybridized carbons (Fsp3) is 0.632. The highest BCUT2D eigenvalue weighted by Crippen LogP contribution is 2.04. The van der Waals surface area contributed by atoms with Crippen LogP contribution in [0.15, 0.2) is 24.3 Å². The Morgan fingerprint density at radius 3 is 1.28 bits per heavy atom. The Morgan fingerprint density at radius 2 is 1.16 bits per heavy atom. The maximum absolute atomic E-state index is 7.62. The van der Waals surface area contributed by atoms with Gasteiger partial charge < -0.3 is 10.2 Å². The minimum absolute atomic E-state index is 0.125. The third-order valence-corrected chi connectivity index (χ3v) is 2.48. The van der Waals surface area contributed by atoms with Crippen LogP contribution in [0, 0.1) is 25.2 Å². The second-order valence-electron chi connectivity index (χ2n) is 4.71. The number of nitrogens with zero attached hydrogens (tertiary/aromatic N) is 1. The van der Waals surface area contributed by atoms with Crippen molar-refractivity contribution in [3.05, 3.63) is 35.4 Å². The van der Waals surface area contributed by atoms with Gasteiger partial charge in [-0.05, 0) is 25.0 Å². The predicted molar refractivity (Wildman–Crippen MR) is 113 cm³/mol. The fourth-order valence-corrected chi connectivity index (χ4v) is 1.16. The minimum Gasteiger partial charge on any atom is -0.394 e. The van der Waals surface area contributed by atoms with Crippen LogP contribution in [0.25, 0.3) is 0 Å². The number of aryl methyl sites for hydroxylation is 2. The van der Waals surface area contributed by atoms with Crippen LogP contribution < -0.4 is 0 Å². The van der Waals surface area contributed by atoms with Gasteiger partial charge in [0.25, 0.3) is 0 Å². The zero-order valence-corrected chi connectivity index (χ0v) is 18.4. The van der Waals surface area contributed by atoms with E-state index in [0.29, 0.717) is 0 Å². The molecule has 0 amide bonds. The summed E-state index contributed by atoms with van der Waals surface area (Å²) >= 11 is 14.4. The number of unbranched alkanes of at least 4 members (excludes halogenated alkanes) is 3. The monoisotopic (exact) mass is 413 g/mol. The lowest BCUT2D eigenvalue weighted by atomic mass is 10.1. The number of aliphatic hydroxyl groups is 2. The molecule has 0 aromatic heterocycles. The van der Waals surface area contributed by atoms with Gasteiger partial charge >= 0.3 is 0 Å². The molecule has 25 heavy (non-hydrogen) atoms. The standard InChI is InChI=1S/C8H10.C6H14.C2H3N.C2H6O2.CHCl3/c1-7-5-3-4-6-8(7)2;1-3-5-6-4-2;1-2-3;3-1-2-4;2-1(3)4/h3-6H,1-2H3;3-6H2,1-2H3;1H3;3-4H,1-2H2;1H. The molecule has 0 heterocycles. The normalized spacial score (nSPS) is 8.08. The molecule has 148 valence electrons. The van der Waals surface area contributed by atoms with E-state index < -0.39 is 4.30 Å². The van der Waals surface area contributed by atoms with E-state index >= 15 is 0 Å². The lowest BCUT2D eigenvalue weighted by Crippen LogP contribution is -1.85. The lowest BCUT2D eigenvalue weighted by molar-refractivity contribution is 0.186. The molecule has 0 atom stereocenters. The molecule has 0 radical (unpaired) electrons. The van der Waals surface area contributed by atoms with Crippen molar-refractivity contribution >= 4 is 34.8 Å². The number of aliphatic hydroxyl groups excluding tert-OH is 2. The fourth-order valence-electron chi connectivity index (χ4n) is 1.16. The van der Waals surface area contributed by atoms with Crippen molar-refractivity contribution in [2.45, 2.75) is 64.6 Å². The number of hydrogen-bond acceptors (Lipinski definition) is 3. The SMILES string of the molecule is CC#N.CCCCCC.Cc1ccccc1C.ClC(Cl)Cl.OCCO. The van der Waals surface area contributed by atoms with Crippen LogP contribution in [0.3, 0.4) is 0 Å². The van der Waals surface area contributed by atoms with Gasteiger partial charge in [0.15, 0.2) is 4.30 Å². The smallest absolute Gasteiger partial charge is 0.180 e. The first kappa shape index (κ1) is 32.2. The Balaban J connectivity index is -0.000000117. The quantitative estimate of drug-likeness (QED) is 0.444. The molecule has 0 bridgehead atoms. The van der Waals surface area contributed by atoms with E-state index in [9.17, 15) is 0 Å². The maximum atomic E-state index is 7.62. The second kappa shape index (κ2) is 31.3. The van der Waals surface area contributed by atoms with Gasteiger partial charge in [0.1, 0.15) is 0 Å². The zero-order valence-electron chi connectivity index (χ0n) is 16.1. The van der Waals surface area contributed by atoms with Crippen molar-refractivity contribution in [1.29, 1.82) is 5.26 Å². The van der Waals surface area contributed by atoms with Crippen molar-refractivity contribution < 1.29 is 10.2 Å². The molecule has 2 N–H and O–H groups in total. The Labute approximate surface area is 169 Å². The van der Waals surface area contributed by atoms with Crippen LogP contribution in [0.4, 0.5) is 0 Å². The molecule has 0 aliphatic heterocycles. The number of benzene rings is 1. The summed E-state index contributed by atoms with van der Waals surface area (Å²) in [4.78, 5) is 0. The Hall–Kier alpha value is -0.500. The number of alkyl halides is 3. The van der Waals surface area contributed by atoms with Crippen LogP contribution >= 0.6 is 34.8 Å². The third kappa shape index (κ3) is 51.7. The van der Waals surface area contributed by atoms with Gasteiger partial charge in [-0.1, -0.05) is 98.6 Å². The molecular weight excluding hydrogens is 381 g/mol. The molecule has 0 aliphatic carbocycles. The first-order valence-corrected chi connectivity index (χ1v) is 9.56. The van der Waals surface area contributed by atoms with Crippen molar-refractivity contribution in [2.24, 2.45) is 0 Å². The zero-order chi connectivity index (χ0) is 20.5. The van der Waals surface area contributed by atoms with Crippen molar-refractivity contribution in [2.75, 3.05) is 13.2 Å². The average molecular weight is 415 g/mol. The first-order valence-electron chi connectivity index (χ1n) is 8.25. The van der Waals surface area contributed by atoms with Gasteiger partial charge in [-0.25, -0.2) is 0 Å². The number of halogens is 3. The summed E-state index contributed by atoms with van der Waals surface area (Å²) in [7, 11) is 0. The Bertz CT molecular complexity index is 353. The van der Waals surface area contributed by atoms with E-state index in [2.05, 4.69) is 52.0 Å². The van der Waals surface area contributed by atoms with Crippen molar-refractivity contribution in [3.63, 3.8) is 0 Å². The van der Waals surface area contributed by atoms with E-state index in [-0.39, 0.29) is 13.2 Å². The minimum atomic E-state index is -0.750. The molecule has 6 heteroatoms. The summed E-state index contributed by atoms with van der Waals surface area (Å²) in [5, 5.41) is 22.6. The van der Waals surface area contributed by atoms with E-state index in [1.807, 2.05) is 0 Å². The Morgan fingerprint density at radius 1 is 0.920 bits per heavy atom. The molecule has 0 saturated heterocycles. The summed E-state index contributed by atoms with van der Waals surface area (Å²) in [5.41, 5.74) is 2.74. The first-order chi connectivity index (χ1) is 11.8. The van der Waals surface area contributed by atoms with Crippen LogP contribution in [0.2, 0.25) is 0 Å². The highest BCUT2D eigenvalue weighted by atomic mass is 35.6. The molecular formula is C19H34Cl3NO2. The van der Waals surface area contributed by atoms with E-state index in [1.165, 1.54) is 43.7 Å².